The molecule has 1 aromatic rings. The number of amides is 2. The Hall–Kier alpha value is -3.08. The van der Waals surface area contributed by atoms with E-state index in [4.69, 9.17) is 73.3 Å². The molecular weight excluding hydrogens is 656 g/mol. The van der Waals surface area contributed by atoms with Crippen LogP contribution in [0.15, 0.2) is 18.2 Å². The lowest BCUT2D eigenvalue weighted by molar-refractivity contribution is -0.139. The molecule has 0 saturated carbocycles. The highest BCUT2D eigenvalue weighted by Crippen LogP contribution is 2.29. The number of carbonyl (C=O) groups excluding carboxylic acids is 2. The van der Waals surface area contributed by atoms with Crippen molar-refractivity contribution in [3.05, 3.63) is 23.8 Å². The van der Waals surface area contributed by atoms with Gasteiger partial charge in [0.1, 0.15) is 44.7 Å². The van der Waals surface area contributed by atoms with Gasteiger partial charge in [-0.05, 0) is 17.7 Å². The predicted molar refractivity (Wildman–Crippen MR) is 168 cm³/mol. The highest BCUT2D eigenvalue weighted by molar-refractivity contribution is 5.66. The largest absolute Gasteiger partial charge is 0.487 e. The van der Waals surface area contributed by atoms with Crippen molar-refractivity contribution in [3.63, 3.8) is 0 Å². The van der Waals surface area contributed by atoms with E-state index >= 15 is 0 Å². The van der Waals surface area contributed by atoms with Gasteiger partial charge in [0.25, 0.3) is 0 Å². The Labute approximate surface area is 285 Å². The fraction of sp³-hybridized carbons (Fsp3) is 0.733. The lowest BCUT2D eigenvalue weighted by Crippen LogP contribution is -2.42. The number of hydrazine groups is 2. The van der Waals surface area contributed by atoms with Gasteiger partial charge in [-0.25, -0.2) is 21.3 Å². The van der Waals surface area contributed by atoms with E-state index in [1.165, 1.54) is 0 Å². The van der Waals surface area contributed by atoms with Crippen molar-refractivity contribution < 1.29 is 71.2 Å². The molecule has 0 aliphatic carbocycles. The van der Waals surface area contributed by atoms with E-state index in [1.54, 1.807) is 18.2 Å². The Morgan fingerprint density at radius 2 is 1.12 bits per heavy atom. The molecule has 2 aliphatic rings. The lowest BCUT2D eigenvalue weighted by atomic mass is 10.2. The van der Waals surface area contributed by atoms with Crippen molar-refractivity contribution in [2.75, 3.05) is 119 Å². The summed E-state index contributed by atoms with van der Waals surface area (Å²) in [5, 5.41) is 0. The third-order valence-corrected chi connectivity index (χ3v) is 6.72. The normalized spacial score (nSPS) is 23.7. The quantitative estimate of drug-likeness (QED) is 0.171. The molecule has 3 atom stereocenters. The number of carbonyl (C=O) groups is 2. The highest BCUT2D eigenvalue weighted by Gasteiger charge is 2.26. The minimum atomic E-state index is -0.798. The van der Waals surface area contributed by atoms with Gasteiger partial charge >= 0.3 is 12.2 Å². The van der Waals surface area contributed by atoms with Crippen molar-refractivity contribution in [3.8, 4) is 11.5 Å². The Bertz CT molecular complexity index is 1040. The molecule has 0 spiro atoms. The summed E-state index contributed by atoms with van der Waals surface area (Å²) in [7, 11) is 0. The molecule has 1 aromatic carbocycles. The van der Waals surface area contributed by atoms with Crippen LogP contribution in [0.1, 0.15) is 5.56 Å². The van der Waals surface area contributed by atoms with Gasteiger partial charge in [0.05, 0.1) is 99.1 Å². The van der Waals surface area contributed by atoms with Gasteiger partial charge in [-0.3, -0.25) is 10.9 Å². The van der Waals surface area contributed by atoms with Crippen LogP contribution in [0.25, 0.3) is 0 Å². The second-order valence-corrected chi connectivity index (χ2v) is 10.3. The monoisotopic (exact) mass is 706 g/mol. The number of benzene rings is 1. The second-order valence-electron chi connectivity index (χ2n) is 10.3. The van der Waals surface area contributed by atoms with Crippen molar-refractivity contribution in [1.82, 2.24) is 10.9 Å². The van der Waals surface area contributed by atoms with E-state index in [1.807, 2.05) is 10.9 Å². The zero-order valence-corrected chi connectivity index (χ0v) is 27.7. The number of ether oxygens (including phenoxy) is 13. The lowest BCUT2D eigenvalue weighted by Gasteiger charge is -2.28. The number of fused-ring (bicyclic) bond motifs is 1. The van der Waals surface area contributed by atoms with Crippen LogP contribution in [-0.4, -0.2) is 149 Å². The Kier molecular flexibility index (Phi) is 21.3. The fourth-order valence-corrected chi connectivity index (χ4v) is 4.29. The molecule has 2 aliphatic heterocycles. The van der Waals surface area contributed by atoms with Crippen LogP contribution in [0, 0.1) is 0 Å². The molecular formula is C30H50N4O15. The van der Waals surface area contributed by atoms with Gasteiger partial charge in [-0.2, -0.15) is 0 Å². The van der Waals surface area contributed by atoms with E-state index in [-0.39, 0.29) is 59.5 Å². The Morgan fingerprint density at radius 1 is 0.592 bits per heavy atom. The third-order valence-electron chi connectivity index (χ3n) is 6.72. The molecule has 1 saturated heterocycles. The summed E-state index contributed by atoms with van der Waals surface area (Å²) < 4.78 is 74.6. The van der Waals surface area contributed by atoms with Crippen LogP contribution in [0.4, 0.5) is 9.59 Å². The Balaban J connectivity index is 1.72. The summed E-state index contributed by atoms with van der Waals surface area (Å²) in [5.41, 5.74) is 4.48. The summed E-state index contributed by atoms with van der Waals surface area (Å²) in [6.07, 6.45) is -3.38. The zero-order valence-electron chi connectivity index (χ0n) is 27.7. The summed E-state index contributed by atoms with van der Waals surface area (Å²) in [4.78, 5) is 23.0. The van der Waals surface area contributed by atoms with Gasteiger partial charge in [0.2, 0.25) is 0 Å². The molecule has 6 N–H and O–H groups in total. The van der Waals surface area contributed by atoms with Crippen LogP contribution in [0.2, 0.25) is 0 Å². The summed E-state index contributed by atoms with van der Waals surface area (Å²) in [5.74, 6) is 11.1. The zero-order chi connectivity index (χ0) is 34.8. The van der Waals surface area contributed by atoms with Crippen molar-refractivity contribution >= 4 is 12.2 Å². The first-order chi connectivity index (χ1) is 24.1. The van der Waals surface area contributed by atoms with Gasteiger partial charge in [-0.15, -0.1) is 0 Å². The first-order valence-electron chi connectivity index (χ1n) is 16.1. The van der Waals surface area contributed by atoms with Gasteiger partial charge in [0.15, 0.2) is 11.5 Å². The van der Waals surface area contributed by atoms with Gasteiger partial charge in [-0.1, -0.05) is 6.07 Å². The average Bonchev–Trinajstić information content (AvgIpc) is 3.12. The molecule has 49 heavy (non-hydrogen) atoms. The standard InChI is InChI=1S/C30H50N4O15/c31-33-29(35)48-18-23-1-2-25-26(17-23)44-13-11-39-5-6-40-12-14-45-28(22-47-25)27-21-42-10-8-38-4-3-37-7-9-41-19-24(43-15-16-46-27)20-49-30(36)34-32/h1-2,17,24,27-28H,3-16,18-22,31-32H2,(H,33,35)(H,34,36). The van der Waals surface area contributed by atoms with E-state index < -0.39 is 30.5 Å². The molecule has 0 radical (unpaired) electrons. The van der Waals surface area contributed by atoms with Crippen LogP contribution in [0.3, 0.4) is 0 Å². The minimum absolute atomic E-state index is 0.0371. The smallest absolute Gasteiger partial charge is 0.421 e. The maximum atomic E-state index is 11.5. The molecule has 19 nitrogen and oxygen atoms in total. The first-order valence-corrected chi connectivity index (χ1v) is 16.1. The molecule has 2 amide bonds. The summed E-state index contributed by atoms with van der Waals surface area (Å²) >= 11 is 0. The van der Waals surface area contributed by atoms with Crippen LogP contribution >= 0.6 is 0 Å². The van der Waals surface area contributed by atoms with Gasteiger partial charge in [0, 0.05) is 0 Å². The van der Waals surface area contributed by atoms with Crippen LogP contribution < -0.4 is 32.0 Å². The fourth-order valence-electron chi connectivity index (χ4n) is 4.29. The number of rotatable bonds is 5. The number of hydrogen-bond acceptors (Lipinski definition) is 17. The number of nitrogens with two attached hydrogens (primary N) is 2. The SMILES string of the molecule is NNC(=O)OCc1ccc2c(c1)OCCOCCOCCOC(C1COCCOCCOCCOCC(COC(=O)NN)OCCO1)CO2. The maximum Gasteiger partial charge on any atom is 0.421 e. The number of nitrogens with one attached hydrogen (secondary N) is 2. The summed E-state index contributed by atoms with van der Waals surface area (Å²) in [6, 6.07) is 5.15. The molecule has 0 bridgehead atoms. The third kappa shape index (κ3) is 17.9. The van der Waals surface area contributed by atoms with E-state index in [2.05, 4.69) is 0 Å². The van der Waals surface area contributed by atoms with Crippen LogP contribution in [0.5, 0.6) is 11.5 Å². The maximum absolute atomic E-state index is 11.5. The first kappa shape index (κ1) is 40.4. The second kappa shape index (κ2) is 25.8. The van der Waals surface area contributed by atoms with E-state index in [9.17, 15) is 9.59 Å². The molecule has 0 aromatic heterocycles. The van der Waals surface area contributed by atoms with Gasteiger partial charge < -0.3 is 61.6 Å². The van der Waals surface area contributed by atoms with E-state index in [0.29, 0.717) is 83.1 Å². The summed E-state index contributed by atoms with van der Waals surface area (Å²) in [6.45, 7) is 4.49. The molecule has 2 heterocycles. The molecule has 3 unspecified atom stereocenters. The number of hydrogen-bond donors (Lipinski definition) is 4. The molecule has 3 rings (SSSR count). The highest BCUT2D eigenvalue weighted by atomic mass is 16.6. The van der Waals surface area contributed by atoms with E-state index in [0.717, 1.165) is 0 Å². The van der Waals surface area contributed by atoms with Crippen LogP contribution in [-0.2, 0) is 58.7 Å². The van der Waals surface area contributed by atoms with Crippen molar-refractivity contribution in [1.29, 1.82) is 0 Å². The molecule has 1 fully saturated rings. The molecule has 280 valence electrons. The predicted octanol–water partition coefficient (Wildman–Crippen LogP) is -0.574. The minimum Gasteiger partial charge on any atom is -0.487 e. The van der Waals surface area contributed by atoms with Crippen molar-refractivity contribution in [2.24, 2.45) is 11.7 Å². The van der Waals surface area contributed by atoms with Crippen molar-refractivity contribution in [2.45, 2.75) is 24.9 Å². The molecule has 19 heteroatoms. The topological polar surface area (TPSA) is 230 Å². The Morgan fingerprint density at radius 3 is 1.80 bits per heavy atom. The average molecular weight is 707 g/mol.